The minimum atomic E-state index is 0.726. The van der Waals surface area contributed by atoms with Crippen molar-refractivity contribution in [3.63, 3.8) is 0 Å². The summed E-state index contributed by atoms with van der Waals surface area (Å²) in [5.74, 6) is 0. The predicted molar refractivity (Wildman–Crippen MR) is 134 cm³/mol. The average molecular weight is 421 g/mol. The lowest BCUT2D eigenvalue weighted by atomic mass is 10.1. The van der Waals surface area contributed by atoms with Crippen LogP contribution in [0.2, 0.25) is 0 Å². The fourth-order valence-corrected chi connectivity index (χ4v) is 3.18. The van der Waals surface area contributed by atoms with Crippen LogP contribution in [0.15, 0.2) is 24.3 Å². The van der Waals surface area contributed by atoms with Gasteiger partial charge in [-0.05, 0) is 64.2 Å². The molecule has 0 aliphatic rings. The third-order valence-electron chi connectivity index (χ3n) is 5.17. The maximum absolute atomic E-state index is 10.1. The Morgan fingerprint density at radius 1 is 0.367 bits per heavy atom. The lowest BCUT2D eigenvalue weighted by Gasteiger charge is -1.97. The largest absolute Gasteiger partial charge is 0.303 e. The number of unbranched alkanes of at least 4 members (excludes halogenated alkanes) is 16. The lowest BCUT2D eigenvalue weighted by Crippen LogP contribution is -1.80. The molecule has 176 valence electrons. The Hall–Kier alpha value is -1.18. The molecule has 0 saturated carbocycles. The molecule has 0 heterocycles. The second-order valence-corrected chi connectivity index (χ2v) is 8.25. The number of rotatable bonds is 22. The Labute approximate surface area is 189 Å². The number of carbonyl (C=O) groups excluding carboxylic acids is 2. The molecule has 0 fully saturated rings. The van der Waals surface area contributed by atoms with Crippen molar-refractivity contribution in [2.24, 2.45) is 0 Å². The molecule has 0 saturated heterocycles. The van der Waals surface area contributed by atoms with Gasteiger partial charge in [0.2, 0.25) is 0 Å². The highest BCUT2D eigenvalue weighted by molar-refractivity contribution is 5.49. The summed E-state index contributed by atoms with van der Waals surface area (Å²) >= 11 is 0. The van der Waals surface area contributed by atoms with Gasteiger partial charge in [0.15, 0.2) is 0 Å². The summed E-state index contributed by atoms with van der Waals surface area (Å²) in [6.45, 7) is 4.48. The quantitative estimate of drug-likeness (QED) is 0.0992. The number of carbonyl (C=O) groups is 2. The van der Waals surface area contributed by atoms with Crippen molar-refractivity contribution in [1.82, 2.24) is 0 Å². The van der Waals surface area contributed by atoms with Crippen LogP contribution in [0.1, 0.15) is 142 Å². The summed E-state index contributed by atoms with van der Waals surface area (Å²) in [6.07, 6.45) is 35.4. The lowest BCUT2D eigenvalue weighted by molar-refractivity contribution is -0.108. The van der Waals surface area contributed by atoms with Gasteiger partial charge in [0.1, 0.15) is 12.6 Å². The minimum Gasteiger partial charge on any atom is -0.303 e. The number of hydrogen-bond acceptors (Lipinski definition) is 2. The summed E-state index contributed by atoms with van der Waals surface area (Å²) in [4.78, 5) is 20.1. The van der Waals surface area contributed by atoms with Crippen LogP contribution in [0, 0.1) is 0 Å². The van der Waals surface area contributed by atoms with E-state index in [9.17, 15) is 9.59 Å². The Bertz CT molecular complexity index is 371. The maximum atomic E-state index is 10.1. The van der Waals surface area contributed by atoms with Gasteiger partial charge < -0.3 is 9.59 Å². The minimum absolute atomic E-state index is 0.726. The first-order chi connectivity index (χ1) is 14.8. The molecule has 0 N–H and O–H groups in total. The molecule has 0 atom stereocenters. The standard InChI is InChI=1S/C16H30O.C12H22O/c1-2-3-4-5-6-7-8-9-10-11-12-13-14-15-16-17;1-2-3-4-5-6-7-8-9-10-11-12-13/h7-8,16H,2-6,9-15H2,1H3;6-7,12H,2-5,8-11H2,1H3/b8-7-;7-6+. The van der Waals surface area contributed by atoms with E-state index in [-0.39, 0.29) is 0 Å². The number of allylic oxidation sites excluding steroid dienone is 4. The van der Waals surface area contributed by atoms with Crippen LogP contribution in [0.25, 0.3) is 0 Å². The highest BCUT2D eigenvalue weighted by Crippen LogP contribution is 2.08. The molecule has 0 spiro atoms. The van der Waals surface area contributed by atoms with Gasteiger partial charge >= 0.3 is 0 Å². The molecular formula is C28H52O2. The molecule has 0 aromatic heterocycles. The highest BCUT2D eigenvalue weighted by atomic mass is 16.1. The maximum Gasteiger partial charge on any atom is 0.119 e. The molecule has 0 radical (unpaired) electrons. The van der Waals surface area contributed by atoms with Crippen molar-refractivity contribution in [3.8, 4) is 0 Å². The SMILES string of the molecule is CCCCC/C=C/CCCCC=O.CCCCCC/C=C\CCCCCCCC=O. The van der Waals surface area contributed by atoms with Gasteiger partial charge in [0.05, 0.1) is 0 Å². The van der Waals surface area contributed by atoms with E-state index in [0.717, 1.165) is 51.1 Å². The van der Waals surface area contributed by atoms with Crippen LogP contribution < -0.4 is 0 Å². The Kier molecular flexibility index (Phi) is 33.6. The monoisotopic (exact) mass is 420 g/mol. The number of aldehydes is 2. The zero-order chi connectivity index (χ0) is 22.4. The van der Waals surface area contributed by atoms with Crippen LogP contribution in [-0.2, 0) is 9.59 Å². The molecule has 2 heteroatoms. The summed E-state index contributed by atoms with van der Waals surface area (Å²) in [5, 5.41) is 0. The zero-order valence-electron chi connectivity index (χ0n) is 20.4. The Morgan fingerprint density at radius 3 is 1.07 bits per heavy atom. The molecule has 30 heavy (non-hydrogen) atoms. The topological polar surface area (TPSA) is 34.1 Å². The van der Waals surface area contributed by atoms with Gasteiger partial charge in [-0.1, -0.05) is 89.5 Å². The van der Waals surface area contributed by atoms with E-state index in [4.69, 9.17) is 0 Å². The van der Waals surface area contributed by atoms with E-state index in [1.807, 2.05) is 0 Å². The predicted octanol–water partition coefficient (Wildman–Crippen LogP) is 9.32. The van der Waals surface area contributed by atoms with Gasteiger partial charge in [-0.15, -0.1) is 0 Å². The smallest absolute Gasteiger partial charge is 0.119 e. The molecule has 0 rings (SSSR count). The fourth-order valence-electron chi connectivity index (χ4n) is 3.18. The van der Waals surface area contributed by atoms with E-state index in [1.165, 1.54) is 89.9 Å². The van der Waals surface area contributed by atoms with Gasteiger partial charge in [-0.25, -0.2) is 0 Å². The molecule has 0 aromatic carbocycles. The Balaban J connectivity index is 0. The third kappa shape index (κ3) is 34.3. The molecule has 0 unspecified atom stereocenters. The molecule has 0 aliphatic heterocycles. The van der Waals surface area contributed by atoms with Gasteiger partial charge in [-0.3, -0.25) is 0 Å². The van der Waals surface area contributed by atoms with Crippen molar-refractivity contribution in [2.75, 3.05) is 0 Å². The summed E-state index contributed by atoms with van der Waals surface area (Å²) in [5.41, 5.74) is 0. The van der Waals surface area contributed by atoms with Gasteiger partial charge in [0, 0.05) is 12.8 Å². The second kappa shape index (κ2) is 32.5. The van der Waals surface area contributed by atoms with Crippen molar-refractivity contribution < 1.29 is 9.59 Å². The first kappa shape index (κ1) is 31.0. The highest BCUT2D eigenvalue weighted by Gasteiger charge is 1.90. The van der Waals surface area contributed by atoms with Gasteiger partial charge in [0.25, 0.3) is 0 Å². The first-order valence-electron chi connectivity index (χ1n) is 13.0. The third-order valence-corrected chi connectivity index (χ3v) is 5.17. The second-order valence-electron chi connectivity index (χ2n) is 8.25. The van der Waals surface area contributed by atoms with Crippen molar-refractivity contribution in [3.05, 3.63) is 24.3 Å². The van der Waals surface area contributed by atoms with Crippen LogP contribution in [-0.4, -0.2) is 12.6 Å². The van der Waals surface area contributed by atoms with E-state index >= 15 is 0 Å². The fraction of sp³-hybridized carbons (Fsp3) is 0.786. The van der Waals surface area contributed by atoms with E-state index in [1.54, 1.807) is 0 Å². The van der Waals surface area contributed by atoms with E-state index < -0.39 is 0 Å². The van der Waals surface area contributed by atoms with E-state index in [2.05, 4.69) is 38.2 Å². The molecule has 2 nitrogen and oxygen atoms in total. The Morgan fingerprint density at radius 2 is 0.633 bits per heavy atom. The van der Waals surface area contributed by atoms with E-state index in [0.29, 0.717) is 0 Å². The molecule has 0 aromatic rings. The van der Waals surface area contributed by atoms with Crippen molar-refractivity contribution >= 4 is 12.6 Å². The van der Waals surface area contributed by atoms with Gasteiger partial charge in [-0.2, -0.15) is 0 Å². The molecule has 0 aliphatic carbocycles. The van der Waals surface area contributed by atoms with Crippen LogP contribution in [0.5, 0.6) is 0 Å². The van der Waals surface area contributed by atoms with Crippen molar-refractivity contribution in [2.45, 2.75) is 142 Å². The molecule has 0 amide bonds. The van der Waals surface area contributed by atoms with Crippen LogP contribution in [0.3, 0.4) is 0 Å². The van der Waals surface area contributed by atoms with Crippen LogP contribution >= 0.6 is 0 Å². The summed E-state index contributed by atoms with van der Waals surface area (Å²) < 4.78 is 0. The zero-order valence-corrected chi connectivity index (χ0v) is 20.4. The normalized spacial score (nSPS) is 11.0. The average Bonchev–Trinajstić information content (AvgIpc) is 2.76. The van der Waals surface area contributed by atoms with Crippen LogP contribution in [0.4, 0.5) is 0 Å². The number of hydrogen-bond donors (Lipinski definition) is 0. The van der Waals surface area contributed by atoms with Crippen molar-refractivity contribution in [1.29, 1.82) is 0 Å². The summed E-state index contributed by atoms with van der Waals surface area (Å²) in [6, 6.07) is 0. The first-order valence-corrected chi connectivity index (χ1v) is 13.0. The molecular weight excluding hydrogens is 368 g/mol. The summed E-state index contributed by atoms with van der Waals surface area (Å²) in [7, 11) is 0. The molecule has 0 bridgehead atoms.